The Morgan fingerprint density at radius 2 is 1.95 bits per heavy atom. The standard InChI is InChI=1S/C15H16BrN3/c1-9-8-10(6-7-12(9)16)15-18-13-5-3-2-4-11(13)14(17)19-15/h6-8H,2-5H2,1H3,(H2,17,18,19). The molecule has 3 rings (SSSR count). The minimum Gasteiger partial charge on any atom is -0.383 e. The molecule has 0 amide bonds. The van der Waals surface area contributed by atoms with Gasteiger partial charge in [-0.1, -0.05) is 22.0 Å². The van der Waals surface area contributed by atoms with Gasteiger partial charge in [-0.25, -0.2) is 9.97 Å². The lowest BCUT2D eigenvalue weighted by molar-refractivity contribution is 0.666. The van der Waals surface area contributed by atoms with Gasteiger partial charge in [0, 0.05) is 21.3 Å². The number of nitrogens with zero attached hydrogens (tertiary/aromatic N) is 2. The third-order valence-corrected chi connectivity index (χ3v) is 4.52. The molecule has 0 fully saturated rings. The first-order valence-corrected chi connectivity index (χ1v) is 7.36. The fourth-order valence-corrected chi connectivity index (χ4v) is 2.78. The quantitative estimate of drug-likeness (QED) is 0.873. The molecule has 0 saturated carbocycles. The number of nitrogens with two attached hydrogens (primary N) is 1. The molecule has 1 aromatic heterocycles. The highest BCUT2D eigenvalue weighted by Crippen LogP contribution is 2.28. The van der Waals surface area contributed by atoms with Gasteiger partial charge < -0.3 is 5.73 Å². The first kappa shape index (κ1) is 12.6. The molecule has 4 heteroatoms. The lowest BCUT2D eigenvalue weighted by Crippen LogP contribution is -2.11. The van der Waals surface area contributed by atoms with E-state index in [0.717, 1.165) is 40.0 Å². The lowest BCUT2D eigenvalue weighted by atomic mass is 9.96. The van der Waals surface area contributed by atoms with E-state index in [-0.39, 0.29) is 0 Å². The molecule has 0 unspecified atom stereocenters. The van der Waals surface area contributed by atoms with Crippen LogP contribution in [-0.4, -0.2) is 9.97 Å². The third kappa shape index (κ3) is 2.37. The van der Waals surface area contributed by atoms with Crippen LogP contribution in [0.3, 0.4) is 0 Å². The van der Waals surface area contributed by atoms with E-state index < -0.39 is 0 Å². The first-order chi connectivity index (χ1) is 9.15. The van der Waals surface area contributed by atoms with Crippen molar-refractivity contribution in [2.75, 3.05) is 5.73 Å². The predicted octanol–water partition coefficient (Wildman–Crippen LogP) is 3.68. The average molecular weight is 318 g/mol. The maximum atomic E-state index is 6.09. The molecule has 1 heterocycles. The Hall–Kier alpha value is -1.42. The molecule has 0 radical (unpaired) electrons. The molecule has 19 heavy (non-hydrogen) atoms. The largest absolute Gasteiger partial charge is 0.383 e. The lowest BCUT2D eigenvalue weighted by Gasteiger charge is -2.17. The van der Waals surface area contributed by atoms with Gasteiger partial charge in [0.05, 0.1) is 0 Å². The van der Waals surface area contributed by atoms with Gasteiger partial charge in [-0.3, -0.25) is 0 Å². The minimum atomic E-state index is 0.653. The zero-order valence-corrected chi connectivity index (χ0v) is 12.5. The second-order valence-electron chi connectivity index (χ2n) is 5.03. The van der Waals surface area contributed by atoms with Gasteiger partial charge in [0.2, 0.25) is 0 Å². The molecule has 1 aromatic carbocycles. The van der Waals surface area contributed by atoms with Crippen molar-refractivity contribution in [3.63, 3.8) is 0 Å². The topological polar surface area (TPSA) is 51.8 Å². The summed E-state index contributed by atoms with van der Waals surface area (Å²) in [5, 5.41) is 0. The number of nitrogen functional groups attached to an aromatic ring is 1. The maximum absolute atomic E-state index is 6.09. The number of rotatable bonds is 1. The van der Waals surface area contributed by atoms with Gasteiger partial charge in [-0.05, 0) is 50.3 Å². The predicted molar refractivity (Wildman–Crippen MR) is 81.0 cm³/mol. The van der Waals surface area contributed by atoms with Crippen LogP contribution in [0.4, 0.5) is 5.82 Å². The van der Waals surface area contributed by atoms with Gasteiger partial charge >= 0.3 is 0 Å². The van der Waals surface area contributed by atoms with Crippen LogP contribution < -0.4 is 5.73 Å². The van der Waals surface area contributed by atoms with E-state index >= 15 is 0 Å². The van der Waals surface area contributed by atoms with Gasteiger partial charge in [0.25, 0.3) is 0 Å². The zero-order chi connectivity index (χ0) is 13.4. The SMILES string of the molecule is Cc1cc(-c2nc(N)c3c(n2)CCCC3)ccc1Br. The van der Waals surface area contributed by atoms with Crippen LogP contribution in [0.15, 0.2) is 22.7 Å². The summed E-state index contributed by atoms with van der Waals surface area (Å²) in [6.45, 7) is 2.06. The van der Waals surface area contributed by atoms with Crippen molar-refractivity contribution in [3.8, 4) is 11.4 Å². The van der Waals surface area contributed by atoms with Gasteiger partial charge in [-0.2, -0.15) is 0 Å². The van der Waals surface area contributed by atoms with Crippen molar-refractivity contribution in [3.05, 3.63) is 39.5 Å². The Bertz CT molecular complexity index is 638. The van der Waals surface area contributed by atoms with E-state index in [0.29, 0.717) is 5.82 Å². The normalized spacial score (nSPS) is 14.2. The van der Waals surface area contributed by atoms with E-state index in [1.165, 1.54) is 18.4 Å². The second-order valence-corrected chi connectivity index (χ2v) is 5.88. The van der Waals surface area contributed by atoms with Crippen LogP contribution in [0.2, 0.25) is 0 Å². The van der Waals surface area contributed by atoms with Crippen LogP contribution in [0.25, 0.3) is 11.4 Å². The van der Waals surface area contributed by atoms with Crippen LogP contribution >= 0.6 is 15.9 Å². The highest BCUT2D eigenvalue weighted by Gasteiger charge is 2.16. The number of hydrogen-bond donors (Lipinski definition) is 1. The first-order valence-electron chi connectivity index (χ1n) is 6.57. The van der Waals surface area contributed by atoms with Crippen molar-refractivity contribution in [1.29, 1.82) is 0 Å². The fraction of sp³-hybridized carbons (Fsp3) is 0.333. The van der Waals surface area contributed by atoms with E-state index in [1.807, 2.05) is 12.1 Å². The highest BCUT2D eigenvalue weighted by atomic mass is 79.9. The molecule has 1 aliphatic carbocycles. The highest BCUT2D eigenvalue weighted by molar-refractivity contribution is 9.10. The van der Waals surface area contributed by atoms with Gasteiger partial charge in [0.1, 0.15) is 5.82 Å². The fourth-order valence-electron chi connectivity index (χ4n) is 2.54. The van der Waals surface area contributed by atoms with Crippen molar-refractivity contribution < 1.29 is 0 Å². The van der Waals surface area contributed by atoms with Crippen molar-refractivity contribution in [2.45, 2.75) is 32.6 Å². The molecule has 0 saturated heterocycles. The molecule has 1 aliphatic rings. The number of aryl methyl sites for hydroxylation is 2. The summed E-state index contributed by atoms with van der Waals surface area (Å²) in [7, 11) is 0. The summed E-state index contributed by atoms with van der Waals surface area (Å²) < 4.78 is 1.10. The van der Waals surface area contributed by atoms with Crippen LogP contribution in [-0.2, 0) is 12.8 Å². The zero-order valence-electron chi connectivity index (χ0n) is 10.9. The summed E-state index contributed by atoms with van der Waals surface area (Å²) in [5.41, 5.74) is 10.6. The Kier molecular flexibility index (Phi) is 3.27. The number of benzene rings is 1. The Labute approximate surface area is 121 Å². The summed E-state index contributed by atoms with van der Waals surface area (Å²) in [6, 6.07) is 6.15. The molecule has 0 atom stereocenters. The number of anilines is 1. The number of halogens is 1. The smallest absolute Gasteiger partial charge is 0.161 e. The summed E-state index contributed by atoms with van der Waals surface area (Å²) in [5.74, 6) is 1.40. The van der Waals surface area contributed by atoms with E-state index in [2.05, 4.69) is 33.9 Å². The molecule has 3 nitrogen and oxygen atoms in total. The molecule has 0 bridgehead atoms. The number of aromatic nitrogens is 2. The van der Waals surface area contributed by atoms with Crippen LogP contribution in [0.5, 0.6) is 0 Å². The summed E-state index contributed by atoms with van der Waals surface area (Å²) in [6.07, 6.45) is 4.42. The molecular weight excluding hydrogens is 302 g/mol. The average Bonchev–Trinajstić information content (AvgIpc) is 2.42. The Balaban J connectivity index is 2.10. The molecular formula is C15H16BrN3. The van der Waals surface area contributed by atoms with Crippen LogP contribution in [0, 0.1) is 6.92 Å². The van der Waals surface area contributed by atoms with Gasteiger partial charge in [-0.15, -0.1) is 0 Å². The molecule has 0 spiro atoms. The molecule has 2 aromatic rings. The van der Waals surface area contributed by atoms with E-state index in [1.54, 1.807) is 0 Å². The number of fused-ring (bicyclic) bond motifs is 1. The Morgan fingerprint density at radius 3 is 2.74 bits per heavy atom. The second kappa shape index (κ2) is 4.93. The summed E-state index contributed by atoms with van der Waals surface area (Å²) >= 11 is 3.51. The molecule has 2 N–H and O–H groups in total. The number of hydrogen-bond acceptors (Lipinski definition) is 3. The monoisotopic (exact) mass is 317 g/mol. The van der Waals surface area contributed by atoms with Crippen molar-refractivity contribution >= 4 is 21.7 Å². The minimum absolute atomic E-state index is 0.653. The van der Waals surface area contributed by atoms with Gasteiger partial charge in [0.15, 0.2) is 5.82 Å². The third-order valence-electron chi connectivity index (χ3n) is 3.63. The maximum Gasteiger partial charge on any atom is 0.161 e. The van der Waals surface area contributed by atoms with E-state index in [4.69, 9.17) is 10.7 Å². The van der Waals surface area contributed by atoms with Crippen molar-refractivity contribution in [1.82, 2.24) is 9.97 Å². The molecule has 0 aliphatic heterocycles. The summed E-state index contributed by atoms with van der Waals surface area (Å²) in [4.78, 5) is 9.19. The molecule has 98 valence electrons. The van der Waals surface area contributed by atoms with Crippen molar-refractivity contribution in [2.24, 2.45) is 0 Å². The van der Waals surface area contributed by atoms with E-state index in [9.17, 15) is 0 Å². The Morgan fingerprint density at radius 1 is 1.16 bits per heavy atom. The van der Waals surface area contributed by atoms with Crippen LogP contribution in [0.1, 0.15) is 29.7 Å².